The highest BCUT2D eigenvalue weighted by Crippen LogP contribution is 2.37. The number of amides is 2. The molecular weight excluding hydrogens is 511 g/mol. The van der Waals surface area contributed by atoms with E-state index in [0.717, 1.165) is 35.9 Å². The van der Waals surface area contributed by atoms with Gasteiger partial charge >= 0.3 is 13.2 Å². The second-order valence-electron chi connectivity index (χ2n) is 11.6. The zero-order valence-electron chi connectivity index (χ0n) is 23.5. The van der Waals surface area contributed by atoms with Gasteiger partial charge in [-0.05, 0) is 75.2 Å². The fourth-order valence-electron chi connectivity index (χ4n) is 5.18. The molecule has 7 nitrogen and oxygen atoms in total. The molecule has 1 heterocycles. The lowest BCUT2D eigenvalue weighted by Crippen LogP contribution is -2.41. The van der Waals surface area contributed by atoms with E-state index in [9.17, 15) is 9.59 Å². The van der Waals surface area contributed by atoms with Gasteiger partial charge in [0.1, 0.15) is 6.61 Å². The molecule has 0 bridgehead atoms. The van der Waals surface area contributed by atoms with E-state index in [-0.39, 0.29) is 24.6 Å². The van der Waals surface area contributed by atoms with Crippen LogP contribution in [0.1, 0.15) is 64.5 Å². The molecule has 0 aromatic heterocycles. The molecule has 2 amide bonds. The van der Waals surface area contributed by atoms with Gasteiger partial charge < -0.3 is 24.3 Å². The number of carbonyl (C=O) groups is 2. The van der Waals surface area contributed by atoms with Crippen LogP contribution < -0.4 is 10.8 Å². The topological polar surface area (TPSA) is 77.1 Å². The monoisotopic (exact) mass is 552 g/mol. The number of benzene rings is 2. The molecule has 1 saturated carbocycles. The van der Waals surface area contributed by atoms with Crippen molar-refractivity contribution in [1.82, 2.24) is 10.2 Å². The van der Waals surface area contributed by atoms with Crippen LogP contribution in [0.15, 0.2) is 54.6 Å². The van der Waals surface area contributed by atoms with Gasteiger partial charge in [0.2, 0.25) is 5.91 Å². The summed E-state index contributed by atoms with van der Waals surface area (Å²) < 4.78 is 18.5. The zero-order chi connectivity index (χ0) is 28.0. The minimum atomic E-state index is -0.529. The van der Waals surface area contributed by atoms with E-state index in [1.165, 1.54) is 0 Å². The molecule has 1 N–H and O–H groups in total. The quantitative estimate of drug-likeness (QED) is 0.329. The molecule has 2 atom stereocenters. The Hall–Kier alpha value is -2.49. The van der Waals surface area contributed by atoms with Crippen LogP contribution in [0, 0.1) is 5.92 Å². The fraction of sp³-hybridized carbons (Fsp3) is 0.533. The average molecular weight is 553 g/mol. The van der Waals surface area contributed by atoms with Crippen LogP contribution in [-0.4, -0.2) is 53.6 Å². The number of nitrogens with one attached hydrogen (secondary N) is 1. The van der Waals surface area contributed by atoms with E-state index in [0.29, 0.717) is 31.2 Å². The molecule has 2 aromatic rings. The highest BCUT2D eigenvalue weighted by atomic mass is 32.1. The van der Waals surface area contributed by atoms with Crippen molar-refractivity contribution in [2.24, 2.45) is 5.92 Å². The molecule has 1 aliphatic carbocycles. The van der Waals surface area contributed by atoms with Crippen molar-refractivity contribution < 1.29 is 23.6 Å². The van der Waals surface area contributed by atoms with Crippen molar-refractivity contribution >= 4 is 37.2 Å². The number of carbonyl (C=O) groups excluding carboxylic acids is 2. The second kappa shape index (κ2) is 12.8. The summed E-state index contributed by atoms with van der Waals surface area (Å²) in [5, 5.41) is 3.01. The number of nitrogens with zero attached hydrogens (tertiary/aromatic N) is 1. The first-order valence-corrected chi connectivity index (χ1v) is 14.5. The second-order valence-corrected chi connectivity index (χ2v) is 12.0. The lowest BCUT2D eigenvalue weighted by atomic mass is 9.76. The third kappa shape index (κ3) is 7.38. The van der Waals surface area contributed by atoms with Gasteiger partial charge in [-0.15, -0.1) is 0 Å². The van der Waals surface area contributed by atoms with Crippen LogP contribution in [0.4, 0.5) is 4.79 Å². The Kier molecular flexibility index (Phi) is 9.67. The Morgan fingerprint density at radius 1 is 1.03 bits per heavy atom. The van der Waals surface area contributed by atoms with Crippen LogP contribution in [-0.2, 0) is 32.0 Å². The Bertz CT molecular complexity index is 1110. The van der Waals surface area contributed by atoms with Gasteiger partial charge in [0.05, 0.1) is 11.2 Å². The summed E-state index contributed by atoms with van der Waals surface area (Å²) >= 11 is 4.13. The third-order valence-corrected chi connectivity index (χ3v) is 8.45. The Morgan fingerprint density at radius 3 is 2.38 bits per heavy atom. The number of rotatable bonds is 10. The largest absolute Gasteiger partial charge is 0.495 e. The highest BCUT2D eigenvalue weighted by molar-refractivity contribution is 7.80. The molecule has 2 fully saturated rings. The molecule has 39 heavy (non-hydrogen) atoms. The maximum atomic E-state index is 13.6. The van der Waals surface area contributed by atoms with Crippen LogP contribution in [0.3, 0.4) is 0 Å². The van der Waals surface area contributed by atoms with E-state index >= 15 is 0 Å². The molecule has 2 aromatic carbocycles. The number of thiol groups is 1. The predicted molar refractivity (Wildman–Crippen MR) is 157 cm³/mol. The lowest BCUT2D eigenvalue weighted by Gasteiger charge is -2.32. The normalized spacial score (nSPS) is 21.5. The molecule has 4 rings (SSSR count). The first-order valence-electron chi connectivity index (χ1n) is 13.9. The zero-order valence-corrected chi connectivity index (χ0v) is 24.4. The lowest BCUT2D eigenvalue weighted by molar-refractivity contribution is -0.120. The van der Waals surface area contributed by atoms with Crippen LogP contribution >= 0.6 is 12.6 Å². The average Bonchev–Trinajstić information content (AvgIpc) is 3.46. The van der Waals surface area contributed by atoms with Crippen molar-refractivity contribution in [3.63, 3.8) is 0 Å². The number of hydrogen-bond acceptors (Lipinski definition) is 6. The fourth-order valence-corrected chi connectivity index (χ4v) is 5.38. The van der Waals surface area contributed by atoms with E-state index in [2.05, 4.69) is 17.9 Å². The van der Waals surface area contributed by atoms with E-state index in [4.69, 9.17) is 14.0 Å². The highest BCUT2D eigenvalue weighted by Gasteiger charge is 2.52. The predicted octanol–water partition coefficient (Wildman–Crippen LogP) is 4.73. The molecular formula is C30H41BN2O5S. The minimum absolute atomic E-state index is 0.0228. The first-order chi connectivity index (χ1) is 18.6. The summed E-state index contributed by atoms with van der Waals surface area (Å²) in [6.07, 6.45) is 2.73. The van der Waals surface area contributed by atoms with Crippen molar-refractivity contribution in [2.75, 3.05) is 12.3 Å². The summed E-state index contributed by atoms with van der Waals surface area (Å²) in [4.78, 5) is 27.3. The maximum Gasteiger partial charge on any atom is 0.495 e. The van der Waals surface area contributed by atoms with Crippen LogP contribution in [0.25, 0.3) is 0 Å². The molecule has 2 unspecified atom stereocenters. The summed E-state index contributed by atoms with van der Waals surface area (Å²) in [5.41, 5.74) is 1.87. The van der Waals surface area contributed by atoms with Crippen molar-refractivity contribution in [3.05, 3.63) is 65.7 Å². The minimum Gasteiger partial charge on any atom is -0.445 e. The van der Waals surface area contributed by atoms with E-state index < -0.39 is 18.3 Å². The van der Waals surface area contributed by atoms with Crippen molar-refractivity contribution in [2.45, 2.75) is 83.8 Å². The molecule has 2 aliphatic rings. The molecule has 210 valence electrons. The maximum absolute atomic E-state index is 13.6. The van der Waals surface area contributed by atoms with Crippen LogP contribution in [0.2, 0.25) is 0 Å². The summed E-state index contributed by atoms with van der Waals surface area (Å²) in [6, 6.07) is 17.8. The van der Waals surface area contributed by atoms with Gasteiger partial charge in [-0.1, -0.05) is 54.6 Å². The number of hydrogen-bond donors (Lipinski definition) is 2. The summed E-state index contributed by atoms with van der Waals surface area (Å²) in [7, 11) is -0.529. The Labute approximate surface area is 238 Å². The molecule has 0 radical (unpaired) electrons. The Morgan fingerprint density at radius 2 is 1.69 bits per heavy atom. The molecule has 1 aliphatic heterocycles. The third-order valence-electron chi connectivity index (χ3n) is 8.22. The standard InChI is InChI=1S/C30H41BN2O5S/c1-29(2)30(3,4)38-31(37-29)26-13-9-8-12-24(26)21-36-28(35)33(20-22-10-6-5-7-11-22)25-15-14-23(18-25)19-32-27(34)16-17-39/h5-13,23,25,39H,14-21H2,1-4H3,(H,32,34). The SMILES string of the molecule is CC1(C)OB(c2ccccc2COC(=O)N(Cc2ccccc2)C2CCC(CNC(=O)CCS)C2)OC1(C)C. The van der Waals surface area contributed by atoms with Gasteiger partial charge in [-0.3, -0.25) is 4.79 Å². The summed E-state index contributed by atoms with van der Waals surface area (Å²) in [5.74, 6) is 0.886. The summed E-state index contributed by atoms with van der Waals surface area (Å²) in [6.45, 7) is 9.33. The van der Waals surface area contributed by atoms with E-state index in [1.54, 1.807) is 0 Å². The van der Waals surface area contributed by atoms with E-state index in [1.807, 2.05) is 87.2 Å². The van der Waals surface area contributed by atoms with Crippen molar-refractivity contribution in [3.8, 4) is 0 Å². The Balaban J connectivity index is 1.44. The van der Waals surface area contributed by atoms with Crippen LogP contribution in [0.5, 0.6) is 0 Å². The van der Waals surface area contributed by atoms with Gasteiger partial charge in [-0.2, -0.15) is 12.6 Å². The van der Waals surface area contributed by atoms with Crippen molar-refractivity contribution in [1.29, 1.82) is 0 Å². The van der Waals surface area contributed by atoms with Gasteiger partial charge in [-0.25, -0.2) is 4.79 Å². The smallest absolute Gasteiger partial charge is 0.445 e. The molecule has 1 saturated heterocycles. The van der Waals surface area contributed by atoms with Gasteiger partial charge in [0.25, 0.3) is 0 Å². The first kappa shape index (κ1) is 29.5. The number of ether oxygens (including phenoxy) is 1. The molecule has 0 spiro atoms. The van der Waals surface area contributed by atoms with Gasteiger partial charge in [0.15, 0.2) is 0 Å². The van der Waals surface area contributed by atoms with Gasteiger partial charge in [0, 0.05) is 25.6 Å². The molecule has 9 heteroatoms.